The number of hydrogen-bond donors (Lipinski definition) is 1. The first-order valence-electron chi connectivity index (χ1n) is 9.58. The van der Waals surface area contributed by atoms with Crippen LogP contribution in [0.3, 0.4) is 0 Å². The second-order valence-electron chi connectivity index (χ2n) is 7.02. The quantitative estimate of drug-likeness (QED) is 0.537. The molecule has 0 fully saturated rings. The second-order valence-corrected chi connectivity index (χ2v) is 7.93. The van der Waals surface area contributed by atoms with E-state index in [4.69, 9.17) is 0 Å². The highest BCUT2D eigenvalue weighted by atomic mass is 79.9. The minimum absolute atomic E-state index is 0.214. The minimum atomic E-state index is -0.370. The standard InChI is InChI=1S/C20H26BrN5O2/c1-4-5-6-7-11-22-19-23-17-16(24(19)2)18(27)26(20(28)25(17)3)13-14-9-8-10-15(21)12-14/h8-10,12H,4-7,11,13H2,1-3H3,(H,22,23). The lowest BCUT2D eigenvalue weighted by atomic mass is 10.2. The molecule has 7 nitrogen and oxygen atoms in total. The first kappa shape index (κ1) is 20.4. The van der Waals surface area contributed by atoms with Crippen molar-refractivity contribution >= 4 is 33.0 Å². The van der Waals surface area contributed by atoms with Crippen molar-refractivity contribution in [1.29, 1.82) is 0 Å². The van der Waals surface area contributed by atoms with Gasteiger partial charge in [0.25, 0.3) is 5.56 Å². The van der Waals surface area contributed by atoms with Gasteiger partial charge in [-0.15, -0.1) is 0 Å². The fraction of sp³-hybridized carbons (Fsp3) is 0.450. The van der Waals surface area contributed by atoms with Crippen molar-refractivity contribution in [3.63, 3.8) is 0 Å². The van der Waals surface area contributed by atoms with E-state index in [0.717, 1.165) is 29.4 Å². The number of anilines is 1. The molecule has 0 bridgehead atoms. The Morgan fingerprint density at radius 3 is 2.61 bits per heavy atom. The topological polar surface area (TPSA) is 73.8 Å². The molecule has 2 heterocycles. The fourth-order valence-corrected chi connectivity index (χ4v) is 3.76. The van der Waals surface area contributed by atoms with Crippen molar-refractivity contribution in [3.8, 4) is 0 Å². The second kappa shape index (κ2) is 8.77. The van der Waals surface area contributed by atoms with Gasteiger partial charge in [0.05, 0.1) is 6.54 Å². The number of imidazole rings is 1. The molecule has 1 N–H and O–H groups in total. The van der Waals surface area contributed by atoms with E-state index in [2.05, 4.69) is 33.2 Å². The van der Waals surface area contributed by atoms with Gasteiger partial charge in [-0.05, 0) is 24.1 Å². The van der Waals surface area contributed by atoms with E-state index in [0.29, 0.717) is 17.1 Å². The molecule has 0 aliphatic rings. The maximum atomic E-state index is 13.1. The maximum absolute atomic E-state index is 13.1. The van der Waals surface area contributed by atoms with Gasteiger partial charge in [0.1, 0.15) is 0 Å². The third-order valence-corrected chi connectivity index (χ3v) is 5.40. The zero-order valence-corrected chi connectivity index (χ0v) is 18.1. The number of unbranched alkanes of at least 4 members (excludes halogenated alkanes) is 3. The molecule has 0 unspecified atom stereocenters. The molecule has 2 aromatic heterocycles. The van der Waals surface area contributed by atoms with Gasteiger partial charge in [0.15, 0.2) is 11.2 Å². The third-order valence-electron chi connectivity index (χ3n) is 4.90. The van der Waals surface area contributed by atoms with Crippen molar-refractivity contribution in [1.82, 2.24) is 18.7 Å². The predicted molar refractivity (Wildman–Crippen MR) is 116 cm³/mol. The molecule has 0 saturated heterocycles. The van der Waals surface area contributed by atoms with Crippen molar-refractivity contribution in [2.75, 3.05) is 11.9 Å². The number of aryl methyl sites for hydroxylation is 2. The van der Waals surface area contributed by atoms with Crippen LogP contribution in [-0.2, 0) is 20.6 Å². The van der Waals surface area contributed by atoms with Gasteiger partial charge in [-0.2, -0.15) is 4.98 Å². The SMILES string of the molecule is CCCCCCNc1nc2c(c(=O)n(Cc3cccc(Br)c3)c(=O)n2C)n1C. The number of benzene rings is 1. The normalized spacial score (nSPS) is 11.3. The Morgan fingerprint density at radius 2 is 1.89 bits per heavy atom. The lowest BCUT2D eigenvalue weighted by molar-refractivity contribution is 0.655. The lowest BCUT2D eigenvalue weighted by Crippen LogP contribution is -2.39. The van der Waals surface area contributed by atoms with Crippen LogP contribution in [0.5, 0.6) is 0 Å². The lowest BCUT2D eigenvalue weighted by Gasteiger charge is -2.09. The van der Waals surface area contributed by atoms with Crippen molar-refractivity contribution in [2.24, 2.45) is 14.1 Å². The number of rotatable bonds is 8. The largest absolute Gasteiger partial charge is 0.356 e. The highest BCUT2D eigenvalue weighted by molar-refractivity contribution is 9.10. The summed E-state index contributed by atoms with van der Waals surface area (Å²) in [7, 11) is 3.46. The molecule has 0 aliphatic heterocycles. The molecular formula is C20H26BrN5O2. The molecule has 1 aromatic carbocycles. The first-order valence-corrected chi connectivity index (χ1v) is 10.4. The highest BCUT2D eigenvalue weighted by Crippen LogP contribution is 2.15. The summed E-state index contributed by atoms with van der Waals surface area (Å²) >= 11 is 3.43. The van der Waals surface area contributed by atoms with Gasteiger partial charge < -0.3 is 9.88 Å². The van der Waals surface area contributed by atoms with Crippen LogP contribution in [0.1, 0.15) is 38.2 Å². The van der Waals surface area contributed by atoms with Crippen LogP contribution in [0.25, 0.3) is 11.2 Å². The third kappa shape index (κ3) is 4.06. The van der Waals surface area contributed by atoms with Crippen molar-refractivity contribution < 1.29 is 0 Å². The van der Waals surface area contributed by atoms with Crippen LogP contribution in [-0.4, -0.2) is 25.2 Å². The molecule has 28 heavy (non-hydrogen) atoms. The Morgan fingerprint density at radius 1 is 1.11 bits per heavy atom. The van der Waals surface area contributed by atoms with E-state index in [1.54, 1.807) is 18.7 Å². The van der Waals surface area contributed by atoms with Crippen LogP contribution in [0.15, 0.2) is 38.3 Å². The zero-order valence-electron chi connectivity index (χ0n) is 16.5. The summed E-state index contributed by atoms with van der Waals surface area (Å²) in [6, 6.07) is 7.60. The number of nitrogens with zero attached hydrogens (tertiary/aromatic N) is 4. The number of fused-ring (bicyclic) bond motifs is 1. The molecule has 0 atom stereocenters. The van der Waals surface area contributed by atoms with E-state index in [1.807, 2.05) is 24.3 Å². The fourth-order valence-electron chi connectivity index (χ4n) is 3.31. The van der Waals surface area contributed by atoms with Crippen molar-refractivity contribution in [3.05, 3.63) is 55.1 Å². The van der Waals surface area contributed by atoms with E-state index >= 15 is 0 Å². The van der Waals surface area contributed by atoms with Gasteiger partial charge in [-0.1, -0.05) is 54.2 Å². The van der Waals surface area contributed by atoms with Gasteiger partial charge in [-0.25, -0.2) is 4.79 Å². The maximum Gasteiger partial charge on any atom is 0.332 e. The van der Waals surface area contributed by atoms with Gasteiger partial charge in [0, 0.05) is 25.1 Å². The van der Waals surface area contributed by atoms with E-state index in [1.165, 1.54) is 22.0 Å². The van der Waals surface area contributed by atoms with Gasteiger partial charge >= 0.3 is 5.69 Å². The number of halogens is 1. The summed E-state index contributed by atoms with van der Waals surface area (Å²) in [6.45, 7) is 3.18. The summed E-state index contributed by atoms with van der Waals surface area (Å²) in [5.74, 6) is 0.610. The summed E-state index contributed by atoms with van der Waals surface area (Å²) in [6.07, 6.45) is 4.60. The Hall–Kier alpha value is -2.35. The van der Waals surface area contributed by atoms with Crippen LogP contribution in [0.4, 0.5) is 5.95 Å². The molecule has 3 aromatic rings. The molecule has 0 aliphatic carbocycles. The monoisotopic (exact) mass is 447 g/mol. The summed E-state index contributed by atoms with van der Waals surface area (Å²) in [5, 5.41) is 3.29. The zero-order chi connectivity index (χ0) is 20.3. The van der Waals surface area contributed by atoms with Crippen LogP contribution < -0.4 is 16.6 Å². The van der Waals surface area contributed by atoms with Gasteiger partial charge in [0.2, 0.25) is 5.95 Å². The smallest absolute Gasteiger partial charge is 0.332 e. The van der Waals surface area contributed by atoms with Crippen LogP contribution in [0.2, 0.25) is 0 Å². The number of hydrogen-bond acceptors (Lipinski definition) is 4. The van der Waals surface area contributed by atoms with E-state index in [9.17, 15) is 9.59 Å². The Kier molecular flexibility index (Phi) is 6.39. The predicted octanol–water partition coefficient (Wildman–Crippen LogP) is 3.24. The first-order chi connectivity index (χ1) is 13.4. The van der Waals surface area contributed by atoms with E-state index < -0.39 is 0 Å². The molecular weight excluding hydrogens is 422 g/mol. The molecule has 0 saturated carbocycles. The van der Waals surface area contributed by atoms with Crippen LogP contribution in [0, 0.1) is 0 Å². The average Bonchev–Trinajstić information content (AvgIpc) is 3.00. The molecule has 0 amide bonds. The number of nitrogens with one attached hydrogen (secondary N) is 1. The van der Waals surface area contributed by atoms with Gasteiger partial charge in [-0.3, -0.25) is 13.9 Å². The Balaban J connectivity index is 1.98. The summed E-state index contributed by atoms with van der Waals surface area (Å²) in [5.41, 5.74) is 1.01. The highest BCUT2D eigenvalue weighted by Gasteiger charge is 2.18. The molecule has 0 spiro atoms. The van der Waals surface area contributed by atoms with E-state index in [-0.39, 0.29) is 17.8 Å². The molecule has 8 heteroatoms. The summed E-state index contributed by atoms with van der Waals surface area (Å²) < 4.78 is 5.35. The Labute approximate surface area is 172 Å². The molecule has 3 rings (SSSR count). The van der Waals surface area contributed by atoms with Crippen molar-refractivity contribution in [2.45, 2.75) is 39.2 Å². The van der Waals surface area contributed by atoms with Crippen LogP contribution >= 0.6 is 15.9 Å². The Bertz CT molecular complexity index is 1100. The summed E-state index contributed by atoms with van der Waals surface area (Å²) in [4.78, 5) is 30.4. The number of aromatic nitrogens is 4. The minimum Gasteiger partial charge on any atom is -0.356 e. The molecule has 150 valence electrons. The average molecular weight is 448 g/mol. The molecule has 0 radical (unpaired) electrons.